The van der Waals surface area contributed by atoms with Crippen molar-refractivity contribution in [2.75, 3.05) is 0 Å². The zero-order valence-corrected chi connectivity index (χ0v) is 16.9. The summed E-state index contributed by atoms with van der Waals surface area (Å²) in [5.74, 6) is -1.25. The van der Waals surface area contributed by atoms with E-state index in [-0.39, 0.29) is 35.9 Å². The molecular weight excluding hydrogens is 348 g/mol. The molecule has 0 N–H and O–H groups in total. The smallest absolute Gasteiger partial charge is 0.308 e. The van der Waals surface area contributed by atoms with Gasteiger partial charge in [-0.15, -0.1) is 0 Å². The van der Waals surface area contributed by atoms with Crippen LogP contribution in [0, 0.1) is 5.41 Å². The highest BCUT2D eigenvalue weighted by Gasteiger charge is 2.38. The maximum absolute atomic E-state index is 12.3. The molecule has 0 aliphatic heterocycles. The van der Waals surface area contributed by atoms with Crippen molar-refractivity contribution in [2.24, 2.45) is 5.41 Å². The van der Waals surface area contributed by atoms with Gasteiger partial charge in [0.1, 0.15) is 23.1 Å². The van der Waals surface area contributed by atoms with E-state index in [0.29, 0.717) is 11.1 Å². The molecule has 0 radical (unpaired) electrons. The van der Waals surface area contributed by atoms with Gasteiger partial charge in [-0.2, -0.15) is 0 Å². The molecule has 0 rings (SSSR count). The predicted octanol–water partition coefficient (Wildman–Crippen LogP) is 3.98. The lowest BCUT2D eigenvalue weighted by Gasteiger charge is -2.27. The molecule has 6 nitrogen and oxygen atoms in total. The largest absolute Gasteiger partial charge is 0.427 e. The molecule has 0 amide bonds. The Balaban J connectivity index is 5.64. The van der Waals surface area contributed by atoms with Crippen LogP contribution in [0.4, 0.5) is 0 Å². The predicted molar refractivity (Wildman–Crippen MR) is 102 cm³/mol. The number of ketones is 2. The maximum atomic E-state index is 12.3. The van der Waals surface area contributed by atoms with Crippen LogP contribution in [0.15, 0.2) is 48.0 Å². The van der Waals surface area contributed by atoms with Crippen molar-refractivity contribution in [3.63, 3.8) is 0 Å². The first-order valence-electron chi connectivity index (χ1n) is 8.44. The van der Waals surface area contributed by atoms with Gasteiger partial charge in [0.25, 0.3) is 0 Å². The topological polar surface area (TPSA) is 86.7 Å². The number of carbonyl (C=O) groups excluding carboxylic acids is 4. The second kappa shape index (κ2) is 10.4. The minimum atomic E-state index is -1.28. The van der Waals surface area contributed by atoms with E-state index in [1.54, 1.807) is 26.0 Å². The van der Waals surface area contributed by atoms with Crippen molar-refractivity contribution < 1.29 is 28.7 Å². The van der Waals surface area contributed by atoms with Gasteiger partial charge < -0.3 is 9.47 Å². The van der Waals surface area contributed by atoms with Crippen LogP contribution < -0.4 is 0 Å². The quantitative estimate of drug-likeness (QED) is 0.248. The standard InChI is InChI=1S/C21H28O6/c1-13(15(3)26-19(7)24)9-11-21(17(5)22,18(6)23)12-10-14(2)16(4)27-20(8)25/h9-10H,3-4,11-12H2,1-2,5-8H3/b13-9+,14-10+. The van der Waals surface area contributed by atoms with Crippen LogP contribution in [0.5, 0.6) is 0 Å². The van der Waals surface area contributed by atoms with Crippen LogP contribution >= 0.6 is 0 Å². The minimum Gasteiger partial charge on any atom is -0.427 e. The molecule has 6 heteroatoms. The summed E-state index contributed by atoms with van der Waals surface area (Å²) in [5.41, 5.74) is -0.167. The Labute approximate surface area is 160 Å². The summed E-state index contributed by atoms with van der Waals surface area (Å²) < 4.78 is 9.84. The molecule has 0 fully saturated rings. The Kier molecular flexibility index (Phi) is 9.34. The second-order valence-corrected chi connectivity index (χ2v) is 6.41. The number of hydrogen-bond donors (Lipinski definition) is 0. The van der Waals surface area contributed by atoms with Crippen LogP contribution in [0.3, 0.4) is 0 Å². The summed E-state index contributed by atoms with van der Waals surface area (Å²) in [6.45, 7) is 15.9. The average Bonchev–Trinajstić information content (AvgIpc) is 2.52. The van der Waals surface area contributed by atoms with Gasteiger partial charge in [0, 0.05) is 13.8 Å². The van der Waals surface area contributed by atoms with E-state index >= 15 is 0 Å². The van der Waals surface area contributed by atoms with Crippen LogP contribution in [-0.4, -0.2) is 23.5 Å². The highest BCUT2D eigenvalue weighted by Crippen LogP contribution is 2.33. The fraction of sp³-hybridized carbons (Fsp3) is 0.429. The Morgan fingerprint density at radius 1 is 0.704 bits per heavy atom. The second-order valence-electron chi connectivity index (χ2n) is 6.41. The maximum Gasteiger partial charge on any atom is 0.308 e. The SMILES string of the molecule is C=C(OC(C)=O)/C(C)=C/CC(C/C=C(\C)C(=C)OC(C)=O)(C(C)=O)C(C)=O. The third-order valence-corrected chi connectivity index (χ3v) is 4.27. The number of allylic oxidation sites excluding steroid dienone is 4. The molecule has 0 aliphatic rings. The lowest BCUT2D eigenvalue weighted by atomic mass is 9.73. The summed E-state index contributed by atoms with van der Waals surface area (Å²) in [4.78, 5) is 46.7. The van der Waals surface area contributed by atoms with Gasteiger partial charge in [0.2, 0.25) is 0 Å². The first kappa shape index (κ1) is 24.2. The fourth-order valence-electron chi connectivity index (χ4n) is 2.30. The van der Waals surface area contributed by atoms with Crippen molar-refractivity contribution in [1.82, 2.24) is 0 Å². The van der Waals surface area contributed by atoms with Crippen molar-refractivity contribution >= 4 is 23.5 Å². The minimum absolute atomic E-state index is 0.119. The monoisotopic (exact) mass is 376 g/mol. The third kappa shape index (κ3) is 7.56. The molecule has 0 heterocycles. The van der Waals surface area contributed by atoms with Gasteiger partial charge in [-0.05, 0) is 51.7 Å². The Morgan fingerprint density at radius 3 is 1.22 bits per heavy atom. The van der Waals surface area contributed by atoms with Crippen molar-refractivity contribution in [2.45, 2.75) is 54.4 Å². The third-order valence-electron chi connectivity index (χ3n) is 4.27. The van der Waals surface area contributed by atoms with Gasteiger partial charge in [-0.1, -0.05) is 25.3 Å². The molecule has 0 aromatic carbocycles. The number of carbonyl (C=O) groups is 4. The van der Waals surface area contributed by atoms with E-state index in [0.717, 1.165) is 0 Å². The average molecular weight is 376 g/mol. The molecule has 0 aliphatic carbocycles. The molecule has 0 saturated heterocycles. The zero-order valence-electron chi connectivity index (χ0n) is 16.9. The lowest BCUT2D eigenvalue weighted by molar-refractivity contribution is -0.139. The first-order chi connectivity index (χ1) is 12.3. The van der Waals surface area contributed by atoms with Gasteiger partial charge in [0.05, 0.1) is 5.41 Å². The molecule has 27 heavy (non-hydrogen) atoms. The summed E-state index contributed by atoms with van der Waals surface area (Å²) in [5, 5.41) is 0. The van der Waals surface area contributed by atoms with Crippen LogP contribution in [0.25, 0.3) is 0 Å². The summed E-state index contributed by atoms with van der Waals surface area (Å²) in [6.07, 6.45) is 3.54. The van der Waals surface area contributed by atoms with E-state index in [1.807, 2.05) is 0 Å². The first-order valence-corrected chi connectivity index (χ1v) is 8.44. The molecule has 0 atom stereocenters. The van der Waals surface area contributed by atoms with Gasteiger partial charge in [-0.3, -0.25) is 19.2 Å². The van der Waals surface area contributed by atoms with E-state index < -0.39 is 17.4 Å². The number of Topliss-reactive ketones (excluding diaryl/α,β-unsaturated/α-hetero) is 2. The van der Waals surface area contributed by atoms with E-state index in [4.69, 9.17) is 9.47 Å². The highest BCUT2D eigenvalue weighted by atomic mass is 16.5. The Morgan fingerprint density at radius 2 is 1.00 bits per heavy atom. The van der Waals surface area contributed by atoms with Crippen molar-refractivity contribution in [3.05, 3.63) is 48.0 Å². The molecule has 0 saturated carbocycles. The fourth-order valence-corrected chi connectivity index (χ4v) is 2.30. The normalized spacial score (nSPS) is 12.2. The highest BCUT2D eigenvalue weighted by molar-refractivity contribution is 6.05. The van der Waals surface area contributed by atoms with Gasteiger partial charge in [-0.25, -0.2) is 0 Å². The number of hydrogen-bond acceptors (Lipinski definition) is 6. The molecule has 0 bridgehead atoms. The number of ether oxygens (including phenoxy) is 2. The number of rotatable bonds is 10. The van der Waals surface area contributed by atoms with Crippen LogP contribution in [0.2, 0.25) is 0 Å². The molecule has 148 valence electrons. The van der Waals surface area contributed by atoms with Gasteiger partial charge >= 0.3 is 11.9 Å². The van der Waals surface area contributed by atoms with E-state index in [2.05, 4.69) is 13.2 Å². The summed E-state index contributed by atoms with van der Waals surface area (Å²) in [7, 11) is 0. The molecule has 0 aromatic rings. The van der Waals surface area contributed by atoms with Gasteiger partial charge in [0.15, 0.2) is 0 Å². The molecule has 0 unspecified atom stereocenters. The van der Waals surface area contributed by atoms with Crippen molar-refractivity contribution in [3.8, 4) is 0 Å². The van der Waals surface area contributed by atoms with Crippen LogP contribution in [-0.2, 0) is 28.7 Å². The molecule has 0 spiro atoms. The van der Waals surface area contributed by atoms with Crippen LogP contribution in [0.1, 0.15) is 54.4 Å². The molecule has 0 aromatic heterocycles. The zero-order chi connectivity index (χ0) is 21.4. The summed E-state index contributed by atoms with van der Waals surface area (Å²) in [6, 6.07) is 0. The Hall–Kier alpha value is -2.76. The van der Waals surface area contributed by atoms with E-state index in [1.165, 1.54) is 27.7 Å². The summed E-state index contributed by atoms with van der Waals surface area (Å²) >= 11 is 0. The Bertz CT molecular complexity index is 659. The van der Waals surface area contributed by atoms with E-state index in [9.17, 15) is 19.2 Å². The lowest BCUT2D eigenvalue weighted by Crippen LogP contribution is -2.36. The molecular formula is C21H28O6. The van der Waals surface area contributed by atoms with Crippen molar-refractivity contribution in [1.29, 1.82) is 0 Å². The number of esters is 2.